The van der Waals surface area contributed by atoms with Crippen LogP contribution in [0.3, 0.4) is 0 Å². The molecule has 7 heteroatoms. The summed E-state index contributed by atoms with van der Waals surface area (Å²) in [5, 5.41) is 0. The van der Waals surface area contributed by atoms with Gasteiger partial charge in [0.1, 0.15) is 5.82 Å². The molecule has 0 fully saturated rings. The fourth-order valence-electron chi connectivity index (χ4n) is 2.24. The molecular formula is C18H20FNO3S2. The second-order valence-corrected chi connectivity index (χ2v) is 8.77. The van der Waals surface area contributed by atoms with Crippen LogP contribution in [0.4, 0.5) is 4.39 Å². The van der Waals surface area contributed by atoms with Crippen molar-refractivity contribution >= 4 is 27.5 Å². The van der Waals surface area contributed by atoms with Crippen LogP contribution in [-0.4, -0.2) is 38.3 Å². The van der Waals surface area contributed by atoms with Gasteiger partial charge in [0.15, 0.2) is 9.84 Å². The number of nitrogens with zero attached hydrogens (tertiary/aromatic N) is 1. The van der Waals surface area contributed by atoms with Crippen molar-refractivity contribution in [3.63, 3.8) is 0 Å². The Hall–Kier alpha value is -1.86. The molecule has 0 heterocycles. The first-order valence-electron chi connectivity index (χ1n) is 7.63. The lowest BCUT2D eigenvalue weighted by Gasteiger charge is -2.25. The molecule has 1 atom stereocenters. The molecule has 0 bridgehead atoms. The average molecular weight is 381 g/mol. The standard InChI is InChI=1S/C18H20FNO3S2/c1-13(14-8-10-15(11-9-14)25(3,22)23)20(2)18(21)12-24-17-7-5-4-6-16(17)19/h4-11,13H,12H2,1-3H3. The van der Waals surface area contributed by atoms with Gasteiger partial charge in [-0.2, -0.15) is 0 Å². The second kappa shape index (κ2) is 8.01. The minimum Gasteiger partial charge on any atom is -0.338 e. The molecule has 0 aliphatic rings. The number of rotatable bonds is 6. The monoisotopic (exact) mass is 381 g/mol. The van der Waals surface area contributed by atoms with E-state index in [9.17, 15) is 17.6 Å². The summed E-state index contributed by atoms with van der Waals surface area (Å²) in [5.74, 6) is -0.344. The fraction of sp³-hybridized carbons (Fsp3) is 0.278. The zero-order chi connectivity index (χ0) is 18.6. The number of hydrogen-bond acceptors (Lipinski definition) is 4. The van der Waals surface area contributed by atoms with Crippen LogP contribution in [0, 0.1) is 5.82 Å². The summed E-state index contributed by atoms with van der Waals surface area (Å²) in [6.45, 7) is 1.86. The summed E-state index contributed by atoms with van der Waals surface area (Å²) in [5.41, 5.74) is 0.833. The summed E-state index contributed by atoms with van der Waals surface area (Å²) >= 11 is 1.16. The largest absolute Gasteiger partial charge is 0.338 e. The first kappa shape index (κ1) is 19.5. The number of carbonyl (C=O) groups excluding carboxylic acids is 1. The van der Waals surface area contributed by atoms with Crippen molar-refractivity contribution in [2.45, 2.75) is 22.8 Å². The lowest BCUT2D eigenvalue weighted by atomic mass is 10.1. The Morgan fingerprint density at radius 1 is 1.16 bits per heavy atom. The first-order valence-corrected chi connectivity index (χ1v) is 10.5. The minimum absolute atomic E-state index is 0.128. The summed E-state index contributed by atoms with van der Waals surface area (Å²) in [4.78, 5) is 14.6. The van der Waals surface area contributed by atoms with Gasteiger partial charge >= 0.3 is 0 Å². The zero-order valence-electron chi connectivity index (χ0n) is 14.3. The highest BCUT2D eigenvalue weighted by Gasteiger charge is 2.18. The summed E-state index contributed by atoms with van der Waals surface area (Å²) in [6.07, 6.45) is 1.15. The molecule has 0 aliphatic heterocycles. The number of halogens is 1. The maximum atomic E-state index is 13.6. The quantitative estimate of drug-likeness (QED) is 0.718. The molecule has 2 rings (SSSR count). The maximum absolute atomic E-state index is 13.6. The van der Waals surface area contributed by atoms with Gasteiger partial charge in [0.05, 0.1) is 16.7 Å². The van der Waals surface area contributed by atoms with Crippen molar-refractivity contribution in [1.29, 1.82) is 0 Å². The van der Waals surface area contributed by atoms with E-state index in [1.165, 1.54) is 18.2 Å². The van der Waals surface area contributed by atoms with Crippen molar-refractivity contribution in [3.05, 3.63) is 59.9 Å². The Morgan fingerprint density at radius 3 is 2.32 bits per heavy atom. The van der Waals surface area contributed by atoms with Gasteiger partial charge in [-0.1, -0.05) is 24.3 Å². The summed E-state index contributed by atoms with van der Waals surface area (Å²) in [6, 6.07) is 12.6. The SMILES string of the molecule is CC(c1ccc(S(C)(=O)=O)cc1)N(C)C(=O)CSc1ccccc1F. The number of sulfone groups is 1. The van der Waals surface area contributed by atoms with Crippen LogP contribution in [0.2, 0.25) is 0 Å². The Morgan fingerprint density at radius 2 is 1.76 bits per heavy atom. The van der Waals surface area contributed by atoms with Crippen LogP contribution in [0.1, 0.15) is 18.5 Å². The molecule has 0 aromatic heterocycles. The van der Waals surface area contributed by atoms with Crippen molar-refractivity contribution in [2.75, 3.05) is 19.1 Å². The third kappa shape index (κ3) is 5.06. The number of thioether (sulfide) groups is 1. The minimum atomic E-state index is -3.24. The van der Waals surface area contributed by atoms with Crippen molar-refractivity contribution in [3.8, 4) is 0 Å². The van der Waals surface area contributed by atoms with Gasteiger partial charge in [-0.3, -0.25) is 4.79 Å². The van der Waals surface area contributed by atoms with Gasteiger partial charge < -0.3 is 4.90 Å². The molecule has 0 radical (unpaired) electrons. The van der Waals surface area contributed by atoms with E-state index in [4.69, 9.17) is 0 Å². The lowest BCUT2D eigenvalue weighted by Crippen LogP contribution is -2.31. The lowest BCUT2D eigenvalue weighted by molar-refractivity contribution is -0.128. The van der Waals surface area contributed by atoms with Crippen LogP contribution < -0.4 is 0 Å². The summed E-state index contributed by atoms with van der Waals surface area (Å²) in [7, 11) is -1.56. The molecule has 1 amide bonds. The molecule has 0 N–H and O–H groups in total. The van der Waals surface area contributed by atoms with Gasteiger partial charge in [0.2, 0.25) is 5.91 Å². The first-order chi connectivity index (χ1) is 11.7. The number of benzene rings is 2. The van der Waals surface area contributed by atoms with Crippen LogP contribution in [0.5, 0.6) is 0 Å². The van der Waals surface area contributed by atoms with Crippen LogP contribution in [0.25, 0.3) is 0 Å². The van der Waals surface area contributed by atoms with E-state index in [1.807, 2.05) is 6.92 Å². The molecule has 1 unspecified atom stereocenters. The molecule has 2 aromatic carbocycles. The maximum Gasteiger partial charge on any atom is 0.233 e. The Bertz CT molecular complexity index is 851. The van der Waals surface area contributed by atoms with E-state index in [-0.39, 0.29) is 28.4 Å². The molecule has 0 aliphatic carbocycles. The molecule has 0 spiro atoms. The number of carbonyl (C=O) groups is 1. The average Bonchev–Trinajstić information content (AvgIpc) is 2.59. The predicted octanol–water partition coefficient (Wildman–Crippen LogP) is 3.54. The van der Waals surface area contributed by atoms with Crippen molar-refractivity contribution in [1.82, 2.24) is 4.90 Å². The van der Waals surface area contributed by atoms with Crippen molar-refractivity contribution < 1.29 is 17.6 Å². The molecular weight excluding hydrogens is 361 g/mol. The highest BCUT2D eigenvalue weighted by molar-refractivity contribution is 8.00. The Labute approximate surface area is 152 Å². The molecule has 2 aromatic rings. The third-order valence-electron chi connectivity index (χ3n) is 3.95. The fourth-order valence-corrected chi connectivity index (χ4v) is 3.73. The van der Waals surface area contributed by atoms with E-state index in [1.54, 1.807) is 42.3 Å². The normalized spacial score (nSPS) is 12.6. The summed E-state index contributed by atoms with van der Waals surface area (Å²) < 4.78 is 36.6. The van der Waals surface area contributed by atoms with Gasteiger partial charge in [-0.15, -0.1) is 11.8 Å². The van der Waals surface area contributed by atoms with Crippen LogP contribution in [0.15, 0.2) is 58.3 Å². The molecule has 25 heavy (non-hydrogen) atoms. The topological polar surface area (TPSA) is 54.5 Å². The zero-order valence-corrected chi connectivity index (χ0v) is 15.9. The smallest absolute Gasteiger partial charge is 0.233 e. The van der Waals surface area contributed by atoms with Gasteiger partial charge in [0, 0.05) is 18.2 Å². The van der Waals surface area contributed by atoms with E-state index >= 15 is 0 Å². The van der Waals surface area contributed by atoms with Crippen LogP contribution >= 0.6 is 11.8 Å². The highest BCUT2D eigenvalue weighted by Crippen LogP contribution is 2.24. The molecule has 134 valence electrons. The third-order valence-corrected chi connectivity index (χ3v) is 6.11. The van der Waals surface area contributed by atoms with Gasteiger partial charge in [-0.25, -0.2) is 12.8 Å². The van der Waals surface area contributed by atoms with Gasteiger partial charge in [0.25, 0.3) is 0 Å². The molecule has 4 nitrogen and oxygen atoms in total. The predicted molar refractivity (Wildman–Crippen MR) is 97.9 cm³/mol. The highest BCUT2D eigenvalue weighted by atomic mass is 32.2. The van der Waals surface area contributed by atoms with E-state index in [0.717, 1.165) is 23.6 Å². The van der Waals surface area contributed by atoms with Gasteiger partial charge in [-0.05, 0) is 36.8 Å². The second-order valence-electron chi connectivity index (χ2n) is 5.74. The Balaban J connectivity index is 2.02. The Kier molecular flexibility index (Phi) is 6.24. The van der Waals surface area contributed by atoms with E-state index in [0.29, 0.717) is 4.90 Å². The van der Waals surface area contributed by atoms with E-state index in [2.05, 4.69) is 0 Å². The molecule has 0 saturated carbocycles. The number of hydrogen-bond donors (Lipinski definition) is 0. The van der Waals surface area contributed by atoms with Crippen molar-refractivity contribution in [2.24, 2.45) is 0 Å². The number of amides is 1. The van der Waals surface area contributed by atoms with E-state index < -0.39 is 9.84 Å². The van der Waals surface area contributed by atoms with Crippen LogP contribution in [-0.2, 0) is 14.6 Å². The molecule has 0 saturated heterocycles.